The maximum absolute atomic E-state index is 12.1. The SMILES string of the molecule is COCC1CN(c2ccc(OCC(F)(F)F)nn2)CC(C)(C)O1. The van der Waals surface area contributed by atoms with Gasteiger partial charge in [-0.05, 0) is 19.9 Å². The lowest BCUT2D eigenvalue weighted by Crippen LogP contribution is -2.54. The molecule has 1 aromatic heterocycles. The largest absolute Gasteiger partial charge is 0.467 e. The lowest BCUT2D eigenvalue weighted by molar-refractivity contribution is -0.154. The molecule has 1 atom stereocenters. The molecule has 1 aliphatic rings. The van der Waals surface area contributed by atoms with Crippen molar-refractivity contribution < 1.29 is 27.4 Å². The van der Waals surface area contributed by atoms with Crippen LogP contribution in [0.15, 0.2) is 12.1 Å². The molecule has 0 spiro atoms. The Kier molecular flexibility index (Phi) is 5.30. The van der Waals surface area contributed by atoms with E-state index in [4.69, 9.17) is 9.47 Å². The van der Waals surface area contributed by atoms with Crippen LogP contribution >= 0.6 is 0 Å². The molecule has 2 rings (SSSR count). The maximum atomic E-state index is 12.1. The second kappa shape index (κ2) is 6.88. The van der Waals surface area contributed by atoms with Crippen molar-refractivity contribution in [3.8, 4) is 5.88 Å². The van der Waals surface area contributed by atoms with Crippen molar-refractivity contribution in [2.45, 2.75) is 31.7 Å². The molecule has 9 heteroatoms. The van der Waals surface area contributed by atoms with Gasteiger partial charge in [0.05, 0.1) is 18.3 Å². The Labute approximate surface area is 132 Å². The topological polar surface area (TPSA) is 56.7 Å². The molecule has 23 heavy (non-hydrogen) atoms. The second-order valence-corrected chi connectivity index (χ2v) is 5.97. The van der Waals surface area contributed by atoms with E-state index >= 15 is 0 Å². The molecule has 0 saturated carbocycles. The first-order valence-electron chi connectivity index (χ1n) is 7.13. The van der Waals surface area contributed by atoms with Crippen molar-refractivity contribution in [3.63, 3.8) is 0 Å². The number of anilines is 1. The molecule has 130 valence electrons. The van der Waals surface area contributed by atoms with Gasteiger partial charge in [-0.25, -0.2) is 0 Å². The normalized spacial score (nSPS) is 21.3. The summed E-state index contributed by atoms with van der Waals surface area (Å²) < 4.78 is 51.9. The number of alkyl halides is 3. The van der Waals surface area contributed by atoms with Gasteiger partial charge in [-0.1, -0.05) is 0 Å². The summed E-state index contributed by atoms with van der Waals surface area (Å²) in [5, 5.41) is 7.64. The third kappa shape index (κ3) is 5.51. The minimum absolute atomic E-state index is 0.119. The molecule has 1 aromatic rings. The number of rotatable bonds is 5. The van der Waals surface area contributed by atoms with Gasteiger partial charge in [0.2, 0.25) is 5.88 Å². The Morgan fingerprint density at radius 3 is 2.65 bits per heavy atom. The van der Waals surface area contributed by atoms with Gasteiger partial charge in [0.15, 0.2) is 12.4 Å². The van der Waals surface area contributed by atoms with Crippen LogP contribution in [0.1, 0.15) is 13.8 Å². The van der Waals surface area contributed by atoms with Gasteiger partial charge in [-0.15, -0.1) is 10.2 Å². The minimum atomic E-state index is -4.40. The third-order valence-electron chi connectivity index (χ3n) is 3.17. The number of nitrogens with zero attached hydrogens (tertiary/aromatic N) is 3. The van der Waals surface area contributed by atoms with Crippen LogP contribution < -0.4 is 9.64 Å². The van der Waals surface area contributed by atoms with Gasteiger partial charge < -0.3 is 19.1 Å². The van der Waals surface area contributed by atoms with E-state index in [1.54, 1.807) is 13.2 Å². The Bertz CT molecular complexity index is 508. The fourth-order valence-corrected chi connectivity index (χ4v) is 2.46. The van der Waals surface area contributed by atoms with Gasteiger partial charge in [0.1, 0.15) is 0 Å². The third-order valence-corrected chi connectivity index (χ3v) is 3.17. The van der Waals surface area contributed by atoms with Gasteiger partial charge in [0.25, 0.3) is 0 Å². The molecule has 2 heterocycles. The molecular formula is C14H20F3N3O3. The second-order valence-electron chi connectivity index (χ2n) is 5.97. The summed E-state index contributed by atoms with van der Waals surface area (Å²) in [6, 6.07) is 2.96. The summed E-state index contributed by atoms with van der Waals surface area (Å²) >= 11 is 0. The van der Waals surface area contributed by atoms with E-state index in [1.165, 1.54) is 6.07 Å². The molecule has 0 amide bonds. The summed E-state index contributed by atoms with van der Waals surface area (Å²) in [5.74, 6) is 0.397. The number of hydrogen-bond acceptors (Lipinski definition) is 6. The van der Waals surface area contributed by atoms with Crippen LogP contribution in [0.5, 0.6) is 5.88 Å². The highest BCUT2D eigenvalue weighted by Crippen LogP contribution is 2.25. The lowest BCUT2D eigenvalue weighted by Gasteiger charge is -2.42. The smallest absolute Gasteiger partial charge is 0.422 e. The summed E-state index contributed by atoms with van der Waals surface area (Å²) in [6.45, 7) is 4.12. The van der Waals surface area contributed by atoms with Crippen LogP contribution in [-0.4, -0.2) is 61.5 Å². The predicted molar refractivity (Wildman–Crippen MR) is 76.6 cm³/mol. The molecule has 6 nitrogen and oxygen atoms in total. The van der Waals surface area contributed by atoms with Crippen LogP contribution in [0.2, 0.25) is 0 Å². The standard InChI is InChI=1S/C14H20F3N3O3/c1-13(2)8-20(6-10(23-13)7-21-3)11-4-5-12(19-18-11)22-9-14(15,16)17/h4-5,10H,6-9H2,1-3H3. The van der Waals surface area contributed by atoms with Crippen LogP contribution in [-0.2, 0) is 9.47 Å². The molecule has 0 bridgehead atoms. The fraction of sp³-hybridized carbons (Fsp3) is 0.714. The molecule has 1 fully saturated rings. The van der Waals surface area contributed by atoms with Gasteiger partial charge in [-0.2, -0.15) is 13.2 Å². The van der Waals surface area contributed by atoms with E-state index < -0.39 is 18.4 Å². The van der Waals surface area contributed by atoms with Gasteiger partial charge in [0, 0.05) is 26.3 Å². The number of hydrogen-bond donors (Lipinski definition) is 0. The Hall–Kier alpha value is -1.61. The number of aromatic nitrogens is 2. The first kappa shape index (κ1) is 17.7. The van der Waals surface area contributed by atoms with Crippen molar-refractivity contribution in [1.29, 1.82) is 0 Å². The zero-order valence-corrected chi connectivity index (χ0v) is 13.3. The minimum Gasteiger partial charge on any atom is -0.467 e. The van der Waals surface area contributed by atoms with E-state index in [1.807, 2.05) is 18.7 Å². The van der Waals surface area contributed by atoms with Crippen LogP contribution in [0.4, 0.5) is 19.0 Å². The van der Waals surface area contributed by atoms with Gasteiger partial charge in [-0.3, -0.25) is 0 Å². The van der Waals surface area contributed by atoms with Crippen LogP contribution in [0, 0.1) is 0 Å². The molecule has 1 aliphatic heterocycles. The van der Waals surface area contributed by atoms with E-state index in [-0.39, 0.29) is 12.0 Å². The molecule has 0 aliphatic carbocycles. The lowest BCUT2D eigenvalue weighted by atomic mass is 10.1. The van der Waals surface area contributed by atoms with Crippen molar-refractivity contribution in [2.75, 3.05) is 38.3 Å². The van der Waals surface area contributed by atoms with Crippen molar-refractivity contribution in [2.24, 2.45) is 0 Å². The Balaban J connectivity index is 2.03. The fourth-order valence-electron chi connectivity index (χ4n) is 2.46. The van der Waals surface area contributed by atoms with E-state index in [9.17, 15) is 13.2 Å². The van der Waals surface area contributed by atoms with E-state index in [2.05, 4.69) is 14.9 Å². The number of ether oxygens (including phenoxy) is 3. The summed E-state index contributed by atoms with van der Waals surface area (Å²) in [4.78, 5) is 1.97. The number of halogens is 3. The Morgan fingerprint density at radius 1 is 1.35 bits per heavy atom. The predicted octanol–water partition coefficient (Wildman–Crippen LogP) is 2.05. The van der Waals surface area contributed by atoms with Crippen molar-refractivity contribution in [1.82, 2.24) is 10.2 Å². The quantitative estimate of drug-likeness (QED) is 0.821. The zero-order valence-electron chi connectivity index (χ0n) is 13.3. The van der Waals surface area contributed by atoms with Crippen molar-refractivity contribution >= 4 is 5.82 Å². The average molecular weight is 335 g/mol. The molecule has 1 saturated heterocycles. The van der Waals surface area contributed by atoms with E-state index in [0.29, 0.717) is 25.5 Å². The highest BCUT2D eigenvalue weighted by Gasteiger charge is 2.34. The molecule has 1 unspecified atom stereocenters. The Morgan fingerprint density at radius 2 is 2.09 bits per heavy atom. The highest BCUT2D eigenvalue weighted by molar-refractivity contribution is 5.39. The zero-order chi connectivity index (χ0) is 17.1. The van der Waals surface area contributed by atoms with E-state index in [0.717, 1.165) is 0 Å². The highest BCUT2D eigenvalue weighted by atomic mass is 19.4. The maximum Gasteiger partial charge on any atom is 0.422 e. The van der Waals surface area contributed by atoms with Crippen molar-refractivity contribution in [3.05, 3.63) is 12.1 Å². The summed E-state index contributed by atoms with van der Waals surface area (Å²) in [6.07, 6.45) is -4.52. The molecular weight excluding hydrogens is 315 g/mol. The summed E-state index contributed by atoms with van der Waals surface area (Å²) in [7, 11) is 1.60. The molecule has 0 radical (unpaired) electrons. The van der Waals surface area contributed by atoms with Gasteiger partial charge >= 0.3 is 6.18 Å². The van der Waals surface area contributed by atoms with Crippen LogP contribution in [0.3, 0.4) is 0 Å². The first-order chi connectivity index (χ1) is 10.7. The molecule has 0 N–H and O–H groups in total. The number of methoxy groups -OCH3 is 1. The number of morpholine rings is 1. The average Bonchev–Trinajstić information content (AvgIpc) is 2.43. The monoisotopic (exact) mass is 335 g/mol. The summed E-state index contributed by atoms with van der Waals surface area (Å²) in [5.41, 5.74) is -0.394. The molecule has 0 aromatic carbocycles. The van der Waals surface area contributed by atoms with Crippen LogP contribution in [0.25, 0.3) is 0 Å². The first-order valence-corrected chi connectivity index (χ1v) is 7.13.